The molecule has 11 nitrogen and oxygen atoms in total. The molecule has 4 N–H and O–H groups in total. The Labute approximate surface area is 203 Å². The number of carboxylic acids is 3. The Morgan fingerprint density at radius 1 is 0.690 bits per heavy atom. The summed E-state index contributed by atoms with van der Waals surface area (Å²) in [4.78, 5) is 40.6. The molecule has 1 aliphatic rings. The van der Waals surface area contributed by atoms with Crippen LogP contribution >= 0.6 is 0 Å². The van der Waals surface area contributed by atoms with Crippen molar-refractivity contribution in [2.24, 2.45) is 0 Å². The molecule has 0 bridgehead atoms. The zero-order valence-electron chi connectivity index (χ0n) is 19.1. The average molecular weight is 447 g/mol. The van der Waals surface area contributed by atoms with Crippen LogP contribution in [0.2, 0.25) is 0 Å². The summed E-state index contributed by atoms with van der Waals surface area (Å²) in [5.74, 6) is -2.89. The van der Waals surface area contributed by atoms with Crippen molar-refractivity contribution in [2.45, 2.75) is 13.0 Å². The molecule has 1 unspecified atom stereocenters. The first-order valence-electron chi connectivity index (χ1n) is 9.38. The normalized spacial score (nSPS) is 20.1. The van der Waals surface area contributed by atoms with Gasteiger partial charge in [0.05, 0.1) is 25.7 Å². The van der Waals surface area contributed by atoms with Gasteiger partial charge in [0.2, 0.25) is 0 Å². The quantitative estimate of drug-likeness (QED) is 0.298. The van der Waals surface area contributed by atoms with Crippen molar-refractivity contribution < 1.29 is 37.7 Å². The van der Waals surface area contributed by atoms with E-state index >= 15 is 0 Å². The van der Waals surface area contributed by atoms with Gasteiger partial charge in [0.25, 0.3) is 0 Å². The largest absolute Gasteiger partial charge is 2.00 e. The number of aliphatic hydroxyl groups excluding tert-OH is 1. The minimum absolute atomic E-state index is 0. The van der Waals surface area contributed by atoms with Crippen LogP contribution < -0.4 is 0 Å². The fraction of sp³-hybridized carbons (Fsp3) is 0.824. The number of aliphatic carboxylic acids is 3. The molecular weight excluding hydrogens is 412 g/mol. The number of hydrogen-bond donors (Lipinski definition) is 4. The van der Waals surface area contributed by atoms with E-state index in [2.05, 4.69) is 0 Å². The second kappa shape index (κ2) is 15.3. The van der Waals surface area contributed by atoms with Crippen molar-refractivity contribution in [1.29, 1.82) is 0 Å². The molecule has 1 fully saturated rings. The summed E-state index contributed by atoms with van der Waals surface area (Å²) in [7, 11) is 0. The Balaban J connectivity index is -0.00000261. The predicted molar refractivity (Wildman–Crippen MR) is 108 cm³/mol. The third-order valence-corrected chi connectivity index (χ3v) is 4.53. The molecule has 0 aliphatic carbocycles. The van der Waals surface area contributed by atoms with Gasteiger partial charge in [0.15, 0.2) is 0 Å². The van der Waals surface area contributed by atoms with Gasteiger partial charge in [0.1, 0.15) is 0 Å². The molecular formula is C17H34CaN4O7. The van der Waals surface area contributed by atoms with E-state index in [1.54, 1.807) is 21.6 Å². The molecule has 0 aromatic carbocycles. The van der Waals surface area contributed by atoms with E-state index in [1.165, 1.54) is 0 Å². The Hall–Kier alpha value is -0.530. The van der Waals surface area contributed by atoms with Crippen LogP contribution in [-0.4, -0.2) is 180 Å². The van der Waals surface area contributed by atoms with Gasteiger partial charge in [-0.25, -0.2) is 0 Å². The van der Waals surface area contributed by atoms with Gasteiger partial charge in [-0.2, -0.15) is 0 Å². The number of carboxylic acid groups (broad SMARTS) is 3. The number of nitrogens with zero attached hydrogens (tertiary/aromatic N) is 4. The summed E-state index contributed by atoms with van der Waals surface area (Å²) < 4.78 is 0. The molecule has 0 radical (unpaired) electrons. The van der Waals surface area contributed by atoms with Crippen molar-refractivity contribution in [2.75, 3.05) is 78.5 Å². The fourth-order valence-electron chi connectivity index (χ4n) is 3.18. The van der Waals surface area contributed by atoms with Gasteiger partial charge in [-0.05, 0) is 6.92 Å². The monoisotopic (exact) mass is 446 g/mol. The van der Waals surface area contributed by atoms with Crippen molar-refractivity contribution in [3.8, 4) is 0 Å². The van der Waals surface area contributed by atoms with Crippen LogP contribution in [0.4, 0.5) is 0 Å². The summed E-state index contributed by atoms with van der Waals surface area (Å²) in [6, 6.07) is 0. The molecule has 1 saturated heterocycles. The summed E-state index contributed by atoms with van der Waals surface area (Å²) in [5, 5.41) is 37.1. The third-order valence-electron chi connectivity index (χ3n) is 4.53. The molecule has 1 rings (SSSR count). The number of hydrogen-bond acceptors (Lipinski definition) is 8. The Kier molecular flexibility index (Phi) is 15.0. The van der Waals surface area contributed by atoms with Crippen molar-refractivity contribution in [3.05, 3.63) is 0 Å². The maximum absolute atomic E-state index is 11.1. The Morgan fingerprint density at radius 2 is 0.931 bits per heavy atom. The minimum Gasteiger partial charge on any atom is -1.00 e. The summed E-state index contributed by atoms with van der Waals surface area (Å²) in [6.45, 7) is 5.10. The van der Waals surface area contributed by atoms with E-state index in [0.717, 1.165) is 0 Å². The molecule has 0 amide bonds. The molecule has 1 aliphatic heterocycles. The molecule has 1 atom stereocenters. The van der Waals surface area contributed by atoms with E-state index in [9.17, 15) is 19.5 Å². The fourth-order valence-corrected chi connectivity index (χ4v) is 3.18. The van der Waals surface area contributed by atoms with Crippen LogP contribution in [0.25, 0.3) is 0 Å². The zero-order chi connectivity index (χ0) is 21.1. The van der Waals surface area contributed by atoms with Gasteiger partial charge in [0, 0.05) is 58.9 Å². The first-order chi connectivity index (χ1) is 13.2. The van der Waals surface area contributed by atoms with E-state index < -0.39 is 24.0 Å². The molecule has 0 aromatic rings. The first kappa shape index (κ1) is 28.5. The summed E-state index contributed by atoms with van der Waals surface area (Å²) >= 11 is 0. The van der Waals surface area contributed by atoms with E-state index in [4.69, 9.17) is 15.3 Å². The number of carbonyl (C=O) groups is 3. The van der Waals surface area contributed by atoms with Gasteiger partial charge < -0.3 is 23.3 Å². The molecule has 0 spiro atoms. The summed E-state index contributed by atoms with van der Waals surface area (Å²) in [6.07, 6.45) is -0.556. The van der Waals surface area contributed by atoms with Gasteiger partial charge in [-0.15, -0.1) is 0 Å². The van der Waals surface area contributed by atoms with Crippen LogP contribution in [0.15, 0.2) is 0 Å². The molecule has 29 heavy (non-hydrogen) atoms. The number of aliphatic hydroxyl groups is 1. The topological polar surface area (TPSA) is 145 Å². The standard InChI is InChI=1S/C17H32N4O7.Ca.2H/c1-14(22)10-18-2-4-19(11-15(23)24)6-8-21(13-17(27)28)9-7-20(5-3-18)12-16(25)26;;;/h14,22H,2-13H2,1H3,(H,23,24)(H,25,26)(H,27,28);;;/q;+2;2*-1. The van der Waals surface area contributed by atoms with E-state index in [-0.39, 0.29) is 60.2 Å². The maximum Gasteiger partial charge on any atom is 2.00 e. The Bertz CT molecular complexity index is 503. The van der Waals surface area contributed by atoms with Crippen LogP contribution in [-0.2, 0) is 14.4 Å². The second-order valence-corrected chi connectivity index (χ2v) is 7.16. The maximum atomic E-state index is 11.1. The third kappa shape index (κ3) is 14.2. The van der Waals surface area contributed by atoms with Crippen LogP contribution in [0.5, 0.6) is 0 Å². The SMILES string of the molecule is CC(O)CN1CCN(CC(=O)O)CCN(CC(=O)O)CCN(CC(=O)O)CC1.[Ca+2].[H-].[H-]. The average Bonchev–Trinajstić information content (AvgIpc) is 2.55. The van der Waals surface area contributed by atoms with Gasteiger partial charge >= 0.3 is 55.6 Å². The molecule has 1 heterocycles. The molecule has 0 aromatic heterocycles. The second-order valence-electron chi connectivity index (χ2n) is 7.16. The predicted octanol–water partition coefficient (Wildman–Crippen LogP) is -2.31. The molecule has 166 valence electrons. The Morgan fingerprint density at radius 3 is 1.14 bits per heavy atom. The van der Waals surface area contributed by atoms with Crippen LogP contribution in [0.1, 0.15) is 9.78 Å². The molecule has 0 saturated carbocycles. The van der Waals surface area contributed by atoms with E-state index in [1.807, 2.05) is 4.90 Å². The number of β-amino-alcohol motifs (C(OH)–C–C–N with tert-alkyl or cyclic N) is 1. The van der Waals surface area contributed by atoms with Crippen LogP contribution in [0, 0.1) is 0 Å². The van der Waals surface area contributed by atoms with Crippen molar-refractivity contribution in [1.82, 2.24) is 19.6 Å². The van der Waals surface area contributed by atoms with Crippen molar-refractivity contribution in [3.63, 3.8) is 0 Å². The van der Waals surface area contributed by atoms with Crippen LogP contribution in [0.3, 0.4) is 0 Å². The zero-order valence-corrected chi connectivity index (χ0v) is 19.3. The minimum atomic E-state index is -0.982. The van der Waals surface area contributed by atoms with Gasteiger partial charge in [-0.1, -0.05) is 0 Å². The van der Waals surface area contributed by atoms with E-state index in [0.29, 0.717) is 58.9 Å². The smallest absolute Gasteiger partial charge is 1.00 e. The molecule has 12 heteroatoms. The number of rotatable bonds is 8. The van der Waals surface area contributed by atoms with Gasteiger partial charge in [-0.3, -0.25) is 34.0 Å². The first-order valence-corrected chi connectivity index (χ1v) is 9.38. The summed E-state index contributed by atoms with van der Waals surface area (Å²) in [5.41, 5.74) is 0. The van der Waals surface area contributed by atoms with Crippen molar-refractivity contribution >= 4 is 55.6 Å².